The molecule has 0 bridgehead atoms. The quantitative estimate of drug-likeness (QED) is 0.765. The van der Waals surface area contributed by atoms with Crippen LogP contribution in [0.5, 0.6) is 0 Å². The van der Waals surface area contributed by atoms with E-state index in [4.69, 9.17) is 8.83 Å². The normalized spacial score (nSPS) is 11.7. The summed E-state index contributed by atoms with van der Waals surface area (Å²) in [4.78, 5) is 2.29. The summed E-state index contributed by atoms with van der Waals surface area (Å²) in [6.07, 6.45) is 1.72. The van der Waals surface area contributed by atoms with Crippen molar-refractivity contribution < 1.29 is 8.83 Å². The summed E-state index contributed by atoms with van der Waals surface area (Å²) in [5.74, 6) is 3.65. The molecule has 0 spiro atoms. The summed E-state index contributed by atoms with van der Waals surface area (Å²) in [5.41, 5.74) is 0. The van der Waals surface area contributed by atoms with Gasteiger partial charge in [0, 0.05) is 0 Å². The highest BCUT2D eigenvalue weighted by Gasteiger charge is 2.10. The van der Waals surface area contributed by atoms with E-state index in [1.807, 2.05) is 12.1 Å². The second kappa shape index (κ2) is 8.05. The molecule has 0 aliphatic heterocycles. The van der Waals surface area contributed by atoms with Crippen LogP contribution in [0.15, 0.2) is 39.4 Å². The van der Waals surface area contributed by atoms with E-state index in [0.29, 0.717) is 5.92 Å². The van der Waals surface area contributed by atoms with Crippen LogP contribution >= 0.6 is 0 Å². The van der Waals surface area contributed by atoms with Crippen LogP contribution in [-0.4, -0.2) is 18.0 Å². The minimum absolute atomic E-state index is 0.656. The first-order valence-electron chi connectivity index (χ1n) is 7.70. The lowest BCUT2D eigenvalue weighted by Crippen LogP contribution is -2.21. The van der Waals surface area contributed by atoms with Gasteiger partial charge in [0.2, 0.25) is 0 Å². The minimum Gasteiger partial charge on any atom is -0.468 e. The number of hydrogen-bond acceptors (Lipinski definition) is 4. The largest absolute Gasteiger partial charge is 0.468 e. The Bertz CT molecular complexity index is 503. The smallest absolute Gasteiger partial charge is 0.118 e. The van der Waals surface area contributed by atoms with Gasteiger partial charge in [-0.25, -0.2) is 0 Å². The van der Waals surface area contributed by atoms with E-state index in [0.717, 1.165) is 50.0 Å². The SMILES string of the molecule is CCN(Cc1ccco1)Cc1ccc(CNCC(C)C)o1. The monoisotopic (exact) mass is 290 g/mol. The van der Waals surface area contributed by atoms with Crippen molar-refractivity contribution in [1.29, 1.82) is 0 Å². The van der Waals surface area contributed by atoms with Gasteiger partial charge in [0.1, 0.15) is 17.3 Å². The summed E-state index contributed by atoms with van der Waals surface area (Å²) in [7, 11) is 0. The Morgan fingerprint density at radius 3 is 2.52 bits per heavy atom. The molecule has 0 amide bonds. The van der Waals surface area contributed by atoms with Crippen molar-refractivity contribution in [2.24, 2.45) is 5.92 Å². The third-order valence-corrected chi connectivity index (χ3v) is 3.36. The summed E-state index contributed by atoms with van der Waals surface area (Å²) >= 11 is 0. The van der Waals surface area contributed by atoms with Crippen LogP contribution in [0.1, 0.15) is 38.1 Å². The Morgan fingerprint density at radius 2 is 1.86 bits per heavy atom. The lowest BCUT2D eigenvalue weighted by molar-refractivity contribution is 0.226. The van der Waals surface area contributed by atoms with E-state index in [1.165, 1.54) is 0 Å². The molecule has 0 unspecified atom stereocenters. The van der Waals surface area contributed by atoms with E-state index in [2.05, 4.69) is 43.1 Å². The van der Waals surface area contributed by atoms with Gasteiger partial charge < -0.3 is 14.2 Å². The average molecular weight is 290 g/mol. The van der Waals surface area contributed by atoms with E-state index in [1.54, 1.807) is 6.26 Å². The van der Waals surface area contributed by atoms with E-state index in [-0.39, 0.29) is 0 Å². The molecule has 0 radical (unpaired) electrons. The molecule has 0 saturated carbocycles. The fourth-order valence-corrected chi connectivity index (χ4v) is 2.21. The van der Waals surface area contributed by atoms with Crippen molar-refractivity contribution in [3.05, 3.63) is 47.8 Å². The topological polar surface area (TPSA) is 41.6 Å². The van der Waals surface area contributed by atoms with Gasteiger partial charge >= 0.3 is 0 Å². The molecule has 0 atom stereocenters. The molecule has 0 saturated heterocycles. The van der Waals surface area contributed by atoms with Crippen LogP contribution in [0, 0.1) is 5.92 Å². The summed E-state index contributed by atoms with van der Waals surface area (Å²) in [6, 6.07) is 8.06. The van der Waals surface area contributed by atoms with Crippen molar-refractivity contribution >= 4 is 0 Å². The third kappa shape index (κ3) is 5.40. The molecule has 0 fully saturated rings. The predicted molar refractivity (Wildman–Crippen MR) is 83.7 cm³/mol. The predicted octanol–water partition coefficient (Wildman–Crippen LogP) is 3.64. The second-order valence-electron chi connectivity index (χ2n) is 5.78. The first-order chi connectivity index (χ1) is 10.2. The fourth-order valence-electron chi connectivity index (χ4n) is 2.21. The first-order valence-corrected chi connectivity index (χ1v) is 7.70. The van der Waals surface area contributed by atoms with Crippen LogP contribution in [0.4, 0.5) is 0 Å². The molecule has 4 heteroatoms. The van der Waals surface area contributed by atoms with Crippen LogP contribution < -0.4 is 5.32 Å². The maximum absolute atomic E-state index is 5.88. The Kier molecular flexibility index (Phi) is 6.08. The molecule has 21 heavy (non-hydrogen) atoms. The number of nitrogens with zero attached hydrogens (tertiary/aromatic N) is 1. The number of rotatable bonds is 9. The van der Waals surface area contributed by atoms with Crippen molar-refractivity contribution in [3.8, 4) is 0 Å². The molecule has 0 aliphatic carbocycles. The maximum Gasteiger partial charge on any atom is 0.118 e. The lowest BCUT2D eigenvalue weighted by Gasteiger charge is -2.17. The second-order valence-corrected chi connectivity index (χ2v) is 5.78. The van der Waals surface area contributed by atoms with Crippen molar-refractivity contribution in [2.45, 2.75) is 40.4 Å². The van der Waals surface area contributed by atoms with Gasteiger partial charge in [-0.3, -0.25) is 4.90 Å². The minimum atomic E-state index is 0.656. The van der Waals surface area contributed by atoms with Gasteiger partial charge in [0.15, 0.2) is 0 Å². The Morgan fingerprint density at radius 1 is 1.10 bits per heavy atom. The fraction of sp³-hybridized carbons (Fsp3) is 0.529. The van der Waals surface area contributed by atoms with Crippen LogP contribution in [-0.2, 0) is 19.6 Å². The van der Waals surface area contributed by atoms with E-state index >= 15 is 0 Å². The lowest BCUT2D eigenvalue weighted by atomic mass is 10.2. The molecule has 2 rings (SSSR count). The Balaban J connectivity index is 1.82. The van der Waals surface area contributed by atoms with Crippen LogP contribution in [0.2, 0.25) is 0 Å². The van der Waals surface area contributed by atoms with Crippen molar-refractivity contribution in [3.63, 3.8) is 0 Å². The van der Waals surface area contributed by atoms with Gasteiger partial charge in [0.05, 0.1) is 25.9 Å². The zero-order chi connectivity index (χ0) is 15.1. The highest BCUT2D eigenvalue weighted by molar-refractivity contribution is 5.07. The summed E-state index contributed by atoms with van der Waals surface area (Å²) in [5, 5.41) is 3.40. The molecule has 2 aromatic rings. The molecule has 2 heterocycles. The Labute approximate surface area is 127 Å². The zero-order valence-electron chi connectivity index (χ0n) is 13.3. The first kappa shape index (κ1) is 15.9. The van der Waals surface area contributed by atoms with Crippen molar-refractivity contribution in [1.82, 2.24) is 10.2 Å². The van der Waals surface area contributed by atoms with Crippen LogP contribution in [0.3, 0.4) is 0 Å². The molecule has 1 N–H and O–H groups in total. The molecule has 0 aromatic carbocycles. The van der Waals surface area contributed by atoms with E-state index in [9.17, 15) is 0 Å². The van der Waals surface area contributed by atoms with Gasteiger partial charge in [0.25, 0.3) is 0 Å². The third-order valence-electron chi connectivity index (χ3n) is 3.36. The number of nitrogens with one attached hydrogen (secondary N) is 1. The van der Waals surface area contributed by atoms with Gasteiger partial charge in [-0.15, -0.1) is 0 Å². The molecule has 2 aromatic heterocycles. The Hall–Kier alpha value is -1.52. The summed E-state index contributed by atoms with van der Waals surface area (Å²) < 4.78 is 11.3. The molecular formula is C17H26N2O2. The maximum atomic E-state index is 5.88. The zero-order valence-corrected chi connectivity index (χ0v) is 13.3. The standard InChI is InChI=1S/C17H26N2O2/c1-4-19(12-16-6-5-9-20-16)13-17-8-7-15(21-17)11-18-10-14(2)3/h5-9,14,18H,4,10-13H2,1-3H3. The van der Waals surface area contributed by atoms with Gasteiger partial charge in [-0.05, 0) is 43.3 Å². The molecule has 4 nitrogen and oxygen atoms in total. The highest BCUT2D eigenvalue weighted by Crippen LogP contribution is 2.13. The van der Waals surface area contributed by atoms with Gasteiger partial charge in [-0.2, -0.15) is 0 Å². The molecular weight excluding hydrogens is 264 g/mol. The molecule has 116 valence electrons. The number of furan rings is 2. The summed E-state index contributed by atoms with van der Waals surface area (Å²) in [6.45, 7) is 10.9. The van der Waals surface area contributed by atoms with Gasteiger partial charge in [-0.1, -0.05) is 20.8 Å². The highest BCUT2D eigenvalue weighted by atomic mass is 16.3. The average Bonchev–Trinajstić information content (AvgIpc) is 3.09. The van der Waals surface area contributed by atoms with E-state index < -0.39 is 0 Å². The van der Waals surface area contributed by atoms with Crippen LogP contribution in [0.25, 0.3) is 0 Å². The molecule has 0 aliphatic rings. The van der Waals surface area contributed by atoms with Crippen molar-refractivity contribution in [2.75, 3.05) is 13.1 Å². The number of hydrogen-bond donors (Lipinski definition) is 1.